The second-order valence-electron chi connectivity index (χ2n) is 13.8. The molecule has 2 saturated heterocycles. The van der Waals surface area contributed by atoms with Gasteiger partial charge in [0.2, 0.25) is 11.8 Å². The average molecular weight is 622 g/mol. The Hall–Kier alpha value is -2.45. The van der Waals surface area contributed by atoms with Crippen molar-refractivity contribution >= 4 is 23.4 Å². The molecule has 2 aromatic rings. The van der Waals surface area contributed by atoms with Crippen molar-refractivity contribution in [3.05, 3.63) is 70.2 Å². The molecule has 3 aliphatic heterocycles. The number of benzene rings is 2. The van der Waals surface area contributed by atoms with Gasteiger partial charge in [0.1, 0.15) is 6.04 Å². The van der Waals surface area contributed by atoms with Gasteiger partial charge in [0.15, 0.2) is 0 Å². The number of hydrogen-bond donors (Lipinski definition) is 2. The zero-order chi connectivity index (χ0) is 31.2. The van der Waals surface area contributed by atoms with E-state index in [0.29, 0.717) is 41.9 Å². The highest BCUT2D eigenvalue weighted by Gasteiger charge is 2.38. The summed E-state index contributed by atoms with van der Waals surface area (Å²) in [4.78, 5) is 35.0. The minimum absolute atomic E-state index is 0.0203. The van der Waals surface area contributed by atoms with Crippen LogP contribution in [0.1, 0.15) is 76.1 Å². The second kappa shape index (κ2) is 15.2. The van der Waals surface area contributed by atoms with E-state index in [9.17, 15) is 9.59 Å². The number of nitrogens with one attached hydrogen (secondary N) is 2. The van der Waals surface area contributed by atoms with Gasteiger partial charge in [-0.15, -0.1) is 0 Å². The van der Waals surface area contributed by atoms with Gasteiger partial charge in [-0.1, -0.05) is 61.8 Å². The molecule has 240 valence electrons. The highest BCUT2D eigenvalue weighted by atomic mass is 35.5. The van der Waals surface area contributed by atoms with Crippen LogP contribution in [0.5, 0.6) is 0 Å². The molecule has 2 N–H and O–H groups in total. The molecule has 0 radical (unpaired) electrons. The highest BCUT2D eigenvalue weighted by molar-refractivity contribution is 6.30. The lowest BCUT2D eigenvalue weighted by Gasteiger charge is -2.43. The lowest BCUT2D eigenvalue weighted by molar-refractivity contribution is -0.136. The maximum absolute atomic E-state index is 14.2. The summed E-state index contributed by atoms with van der Waals surface area (Å²) in [6.07, 6.45) is 5.06. The van der Waals surface area contributed by atoms with Gasteiger partial charge in [0.25, 0.3) is 0 Å². The minimum Gasteiger partial charge on any atom is -0.344 e. The van der Waals surface area contributed by atoms with Crippen LogP contribution >= 0.6 is 11.6 Å². The lowest BCUT2D eigenvalue weighted by Crippen LogP contribution is -2.53. The SMILES string of the molecule is CC(C)CN(C1CCN(C(C)C)CC1)[C@@H]1CCN(C(=O)[C@@H](Cc2ccc(Cl)cc2)NC(=O)CC2NCCc3ccccc32)C1. The summed E-state index contributed by atoms with van der Waals surface area (Å²) in [5, 5.41) is 7.34. The van der Waals surface area contributed by atoms with E-state index in [0.717, 1.165) is 57.7 Å². The monoisotopic (exact) mass is 621 g/mol. The maximum atomic E-state index is 14.2. The standard InChI is InChI=1S/C36H52ClN5O2/c1-25(2)23-42(30-14-18-40(19-15-30)26(3)4)31-16-20-41(24-31)36(44)34(21-27-9-11-29(37)12-10-27)39-35(43)22-33-32-8-6-5-7-28(32)13-17-38-33/h5-12,25-26,30-31,33-34,38H,13-24H2,1-4H3,(H,39,43)/t31-,33?,34-/m1/s1. The first-order valence-corrected chi connectivity index (χ1v) is 17.2. The normalized spacial score (nSPS) is 22.0. The fourth-order valence-corrected chi connectivity index (χ4v) is 7.58. The Morgan fingerprint density at radius 1 is 0.977 bits per heavy atom. The van der Waals surface area contributed by atoms with E-state index in [1.54, 1.807) is 0 Å². The van der Waals surface area contributed by atoms with Crippen molar-refractivity contribution in [3.8, 4) is 0 Å². The van der Waals surface area contributed by atoms with Gasteiger partial charge in [-0.3, -0.25) is 14.5 Å². The molecule has 2 amide bonds. The van der Waals surface area contributed by atoms with Crippen LogP contribution in [0.2, 0.25) is 5.02 Å². The summed E-state index contributed by atoms with van der Waals surface area (Å²) >= 11 is 6.16. The summed E-state index contributed by atoms with van der Waals surface area (Å²) in [7, 11) is 0. The second-order valence-corrected chi connectivity index (χ2v) is 14.2. The van der Waals surface area contributed by atoms with Crippen molar-refractivity contribution in [2.75, 3.05) is 39.3 Å². The van der Waals surface area contributed by atoms with E-state index in [1.165, 1.54) is 24.0 Å². The highest BCUT2D eigenvalue weighted by Crippen LogP contribution is 2.28. The number of nitrogens with zero attached hydrogens (tertiary/aromatic N) is 3. The summed E-state index contributed by atoms with van der Waals surface area (Å²) < 4.78 is 0. The molecule has 2 aromatic carbocycles. The number of hydrogen-bond acceptors (Lipinski definition) is 5. The molecule has 2 fully saturated rings. The third-order valence-electron chi connectivity index (χ3n) is 9.81. The smallest absolute Gasteiger partial charge is 0.245 e. The first kappa shape index (κ1) is 32.9. The topological polar surface area (TPSA) is 67.9 Å². The first-order valence-electron chi connectivity index (χ1n) is 16.8. The van der Waals surface area contributed by atoms with Crippen LogP contribution in [0.15, 0.2) is 48.5 Å². The van der Waals surface area contributed by atoms with Crippen molar-refractivity contribution in [3.63, 3.8) is 0 Å². The van der Waals surface area contributed by atoms with Crippen molar-refractivity contribution < 1.29 is 9.59 Å². The van der Waals surface area contributed by atoms with Crippen molar-refractivity contribution in [1.82, 2.24) is 25.3 Å². The van der Waals surface area contributed by atoms with E-state index >= 15 is 0 Å². The fraction of sp³-hybridized carbons (Fsp3) is 0.611. The van der Waals surface area contributed by atoms with Gasteiger partial charge < -0.3 is 20.4 Å². The third-order valence-corrected chi connectivity index (χ3v) is 10.1. The van der Waals surface area contributed by atoms with Crippen LogP contribution in [0.25, 0.3) is 0 Å². The molecule has 0 spiro atoms. The Kier molecular flexibility index (Phi) is 11.4. The average Bonchev–Trinajstić information content (AvgIpc) is 3.50. The molecule has 3 atom stereocenters. The van der Waals surface area contributed by atoms with Gasteiger partial charge in [0.05, 0.1) is 0 Å². The summed E-state index contributed by atoms with van der Waals surface area (Å²) in [6, 6.07) is 16.8. The summed E-state index contributed by atoms with van der Waals surface area (Å²) in [5.41, 5.74) is 3.46. The zero-order valence-electron chi connectivity index (χ0n) is 27.1. The maximum Gasteiger partial charge on any atom is 0.245 e. The number of rotatable bonds is 11. The molecule has 0 aliphatic carbocycles. The summed E-state index contributed by atoms with van der Waals surface area (Å²) in [5.74, 6) is 0.492. The molecule has 3 aliphatic rings. The van der Waals surface area contributed by atoms with Gasteiger partial charge in [-0.25, -0.2) is 0 Å². The Morgan fingerprint density at radius 3 is 2.39 bits per heavy atom. The van der Waals surface area contributed by atoms with Crippen molar-refractivity contribution in [1.29, 1.82) is 0 Å². The first-order chi connectivity index (χ1) is 21.2. The Morgan fingerprint density at radius 2 is 1.68 bits per heavy atom. The predicted molar refractivity (Wildman–Crippen MR) is 179 cm³/mol. The van der Waals surface area contributed by atoms with E-state index in [1.807, 2.05) is 35.2 Å². The molecule has 1 unspecified atom stereocenters. The largest absolute Gasteiger partial charge is 0.344 e. The van der Waals surface area contributed by atoms with Crippen molar-refractivity contribution in [2.45, 2.75) is 96.4 Å². The molecular weight excluding hydrogens is 570 g/mol. The van der Waals surface area contributed by atoms with Crippen LogP contribution < -0.4 is 10.6 Å². The van der Waals surface area contributed by atoms with E-state index in [-0.39, 0.29) is 17.9 Å². The number of piperidine rings is 1. The predicted octanol–water partition coefficient (Wildman–Crippen LogP) is 5.08. The molecule has 0 saturated carbocycles. The number of halogens is 1. The fourth-order valence-electron chi connectivity index (χ4n) is 7.45. The number of fused-ring (bicyclic) bond motifs is 1. The Labute approximate surface area is 269 Å². The van der Waals surface area contributed by atoms with Gasteiger partial charge in [0, 0.05) is 61.7 Å². The number of likely N-dealkylation sites (tertiary alicyclic amines) is 2. The molecule has 5 rings (SSSR count). The van der Waals surface area contributed by atoms with Gasteiger partial charge >= 0.3 is 0 Å². The number of carbonyl (C=O) groups excluding carboxylic acids is 2. The minimum atomic E-state index is -0.617. The number of amides is 2. The molecule has 0 bridgehead atoms. The van der Waals surface area contributed by atoms with E-state index in [2.05, 4.69) is 66.3 Å². The van der Waals surface area contributed by atoms with Gasteiger partial charge in [-0.05, 0) is 93.9 Å². The van der Waals surface area contributed by atoms with Crippen LogP contribution in [0.3, 0.4) is 0 Å². The Bertz CT molecular complexity index is 1240. The molecular formula is C36H52ClN5O2. The van der Waals surface area contributed by atoms with Crippen LogP contribution in [-0.4, -0.2) is 89.9 Å². The quantitative estimate of drug-likeness (QED) is 0.367. The number of carbonyl (C=O) groups is 2. The van der Waals surface area contributed by atoms with Crippen LogP contribution in [-0.2, 0) is 22.4 Å². The van der Waals surface area contributed by atoms with E-state index < -0.39 is 6.04 Å². The van der Waals surface area contributed by atoms with E-state index in [4.69, 9.17) is 11.6 Å². The Balaban J connectivity index is 1.27. The molecule has 44 heavy (non-hydrogen) atoms. The van der Waals surface area contributed by atoms with Crippen LogP contribution in [0.4, 0.5) is 0 Å². The summed E-state index contributed by atoms with van der Waals surface area (Å²) in [6.45, 7) is 14.8. The lowest BCUT2D eigenvalue weighted by atomic mass is 9.92. The van der Waals surface area contributed by atoms with Crippen molar-refractivity contribution in [2.24, 2.45) is 5.92 Å². The third kappa shape index (κ3) is 8.42. The molecule has 7 nitrogen and oxygen atoms in total. The van der Waals surface area contributed by atoms with Crippen LogP contribution in [0, 0.1) is 5.92 Å². The van der Waals surface area contributed by atoms with Gasteiger partial charge in [-0.2, -0.15) is 0 Å². The molecule has 3 heterocycles. The zero-order valence-corrected chi connectivity index (χ0v) is 27.9. The molecule has 8 heteroatoms. The molecule has 0 aromatic heterocycles.